The molecule has 1 saturated carbocycles. The van der Waals surface area contributed by atoms with Gasteiger partial charge in [-0.15, -0.1) is 0 Å². The first kappa shape index (κ1) is 11.1. The van der Waals surface area contributed by atoms with Gasteiger partial charge in [-0.1, -0.05) is 25.7 Å². The minimum atomic E-state index is 0.150. The molecular weight excluding hydrogens is 210 g/mol. The lowest BCUT2D eigenvalue weighted by molar-refractivity contribution is 0.554. The van der Waals surface area contributed by atoms with Gasteiger partial charge in [0, 0.05) is 18.2 Å². The van der Waals surface area contributed by atoms with E-state index in [0.29, 0.717) is 5.92 Å². The maximum atomic E-state index is 6.09. The van der Waals surface area contributed by atoms with Gasteiger partial charge in [-0.25, -0.2) is 9.97 Å². The summed E-state index contributed by atoms with van der Waals surface area (Å²) in [6.45, 7) is 0. The number of hydrogen-bond donors (Lipinski definition) is 1. The van der Waals surface area contributed by atoms with Gasteiger partial charge in [0.1, 0.15) is 5.82 Å². The third kappa shape index (κ3) is 2.21. The summed E-state index contributed by atoms with van der Waals surface area (Å²) in [6.07, 6.45) is 12.0. The van der Waals surface area contributed by atoms with Gasteiger partial charge in [0.05, 0.1) is 5.69 Å². The van der Waals surface area contributed by atoms with Crippen molar-refractivity contribution in [2.24, 2.45) is 5.73 Å². The standard InChI is InChI=1S/C14H21N3/c15-12-8-7-11-9-16-14(17-13(11)12)10-5-3-1-2-4-6-10/h9-10,12H,1-8,15H2. The average molecular weight is 231 g/mol. The highest BCUT2D eigenvalue weighted by Crippen LogP contribution is 2.32. The van der Waals surface area contributed by atoms with Crippen molar-refractivity contribution in [1.82, 2.24) is 9.97 Å². The van der Waals surface area contributed by atoms with Crippen LogP contribution in [0.2, 0.25) is 0 Å². The van der Waals surface area contributed by atoms with Gasteiger partial charge in [0.15, 0.2) is 0 Å². The molecule has 1 fully saturated rings. The zero-order valence-corrected chi connectivity index (χ0v) is 10.4. The van der Waals surface area contributed by atoms with Gasteiger partial charge in [-0.05, 0) is 31.2 Å². The highest BCUT2D eigenvalue weighted by molar-refractivity contribution is 5.26. The summed E-state index contributed by atoms with van der Waals surface area (Å²) in [5.74, 6) is 1.64. The molecule has 17 heavy (non-hydrogen) atoms. The number of fused-ring (bicyclic) bond motifs is 1. The Balaban J connectivity index is 1.85. The third-order valence-electron chi connectivity index (χ3n) is 4.21. The van der Waals surface area contributed by atoms with Gasteiger partial charge >= 0.3 is 0 Å². The van der Waals surface area contributed by atoms with E-state index in [2.05, 4.69) is 4.98 Å². The molecule has 3 rings (SSSR count). The number of nitrogens with zero attached hydrogens (tertiary/aromatic N) is 2. The molecule has 0 amide bonds. The summed E-state index contributed by atoms with van der Waals surface area (Å²) in [6, 6.07) is 0.150. The quantitative estimate of drug-likeness (QED) is 0.756. The van der Waals surface area contributed by atoms with Gasteiger partial charge in [-0.3, -0.25) is 0 Å². The van der Waals surface area contributed by atoms with Crippen LogP contribution in [0.3, 0.4) is 0 Å². The van der Waals surface area contributed by atoms with Crippen LogP contribution in [0.15, 0.2) is 6.20 Å². The maximum Gasteiger partial charge on any atom is 0.131 e. The Morgan fingerprint density at radius 2 is 1.82 bits per heavy atom. The molecule has 2 N–H and O–H groups in total. The molecule has 2 aliphatic rings. The molecular formula is C14H21N3. The molecule has 0 spiro atoms. The van der Waals surface area contributed by atoms with E-state index in [1.165, 1.54) is 44.1 Å². The summed E-state index contributed by atoms with van der Waals surface area (Å²) in [5.41, 5.74) is 8.48. The van der Waals surface area contributed by atoms with E-state index in [0.717, 1.165) is 24.4 Å². The lowest BCUT2D eigenvalue weighted by atomic mass is 9.99. The van der Waals surface area contributed by atoms with E-state index < -0.39 is 0 Å². The van der Waals surface area contributed by atoms with E-state index >= 15 is 0 Å². The molecule has 0 saturated heterocycles. The lowest BCUT2D eigenvalue weighted by Crippen LogP contribution is -2.11. The van der Waals surface area contributed by atoms with Gasteiger partial charge in [-0.2, -0.15) is 0 Å². The summed E-state index contributed by atoms with van der Waals surface area (Å²) >= 11 is 0. The number of aryl methyl sites for hydroxylation is 1. The number of hydrogen-bond acceptors (Lipinski definition) is 3. The maximum absolute atomic E-state index is 6.09. The van der Waals surface area contributed by atoms with Crippen molar-refractivity contribution in [2.45, 2.75) is 63.3 Å². The Bertz CT molecular complexity index is 394. The van der Waals surface area contributed by atoms with Crippen LogP contribution in [-0.2, 0) is 6.42 Å². The van der Waals surface area contributed by atoms with Crippen LogP contribution in [0.5, 0.6) is 0 Å². The molecule has 1 aromatic heterocycles. The molecule has 0 bridgehead atoms. The Labute approximate surface area is 103 Å². The van der Waals surface area contributed by atoms with Crippen molar-refractivity contribution in [3.8, 4) is 0 Å². The molecule has 1 unspecified atom stereocenters. The molecule has 1 heterocycles. The Hall–Kier alpha value is -0.960. The minimum absolute atomic E-state index is 0.150. The van der Waals surface area contributed by atoms with Gasteiger partial charge < -0.3 is 5.73 Å². The van der Waals surface area contributed by atoms with Gasteiger partial charge in [0.25, 0.3) is 0 Å². The molecule has 1 aromatic rings. The van der Waals surface area contributed by atoms with Crippen LogP contribution in [0.1, 0.15) is 74.0 Å². The van der Waals surface area contributed by atoms with E-state index in [1.807, 2.05) is 6.20 Å². The lowest BCUT2D eigenvalue weighted by Gasteiger charge is -2.14. The summed E-state index contributed by atoms with van der Waals surface area (Å²) < 4.78 is 0. The van der Waals surface area contributed by atoms with Crippen molar-refractivity contribution in [3.05, 3.63) is 23.3 Å². The fourth-order valence-corrected chi connectivity index (χ4v) is 3.13. The van der Waals surface area contributed by atoms with Crippen molar-refractivity contribution in [1.29, 1.82) is 0 Å². The first-order chi connectivity index (χ1) is 8.34. The van der Waals surface area contributed by atoms with Crippen LogP contribution < -0.4 is 5.73 Å². The summed E-state index contributed by atoms with van der Waals surface area (Å²) in [7, 11) is 0. The second-order valence-corrected chi connectivity index (χ2v) is 5.47. The monoisotopic (exact) mass is 231 g/mol. The van der Waals surface area contributed by atoms with E-state index in [1.54, 1.807) is 0 Å². The number of nitrogens with two attached hydrogens (primary N) is 1. The molecule has 3 nitrogen and oxygen atoms in total. The SMILES string of the molecule is NC1CCc2cnc(C3CCCCCC3)nc21. The second kappa shape index (κ2) is 4.73. The zero-order chi connectivity index (χ0) is 11.7. The molecule has 2 aliphatic carbocycles. The van der Waals surface area contributed by atoms with E-state index in [-0.39, 0.29) is 6.04 Å². The van der Waals surface area contributed by atoms with E-state index in [4.69, 9.17) is 10.7 Å². The summed E-state index contributed by atoms with van der Waals surface area (Å²) in [4.78, 5) is 9.35. The largest absolute Gasteiger partial charge is 0.323 e. The highest BCUT2D eigenvalue weighted by atomic mass is 14.9. The smallest absolute Gasteiger partial charge is 0.131 e. The third-order valence-corrected chi connectivity index (χ3v) is 4.21. The zero-order valence-electron chi connectivity index (χ0n) is 10.4. The van der Waals surface area contributed by atoms with E-state index in [9.17, 15) is 0 Å². The Kier molecular flexibility index (Phi) is 3.10. The first-order valence-corrected chi connectivity index (χ1v) is 6.96. The molecule has 3 heteroatoms. The normalized spacial score (nSPS) is 25.6. The summed E-state index contributed by atoms with van der Waals surface area (Å²) in [5, 5.41) is 0. The van der Waals surface area contributed by atoms with Gasteiger partial charge in [0.2, 0.25) is 0 Å². The van der Waals surface area contributed by atoms with Crippen LogP contribution >= 0.6 is 0 Å². The fraction of sp³-hybridized carbons (Fsp3) is 0.714. The predicted octanol–water partition coefficient (Wildman–Crippen LogP) is 2.86. The Morgan fingerprint density at radius 1 is 1.06 bits per heavy atom. The number of rotatable bonds is 1. The topological polar surface area (TPSA) is 51.8 Å². The van der Waals surface area contributed by atoms with Crippen LogP contribution in [0.4, 0.5) is 0 Å². The minimum Gasteiger partial charge on any atom is -0.323 e. The molecule has 92 valence electrons. The van der Waals surface area contributed by atoms with Crippen LogP contribution in [0.25, 0.3) is 0 Å². The highest BCUT2D eigenvalue weighted by Gasteiger charge is 2.24. The molecule has 0 radical (unpaired) electrons. The second-order valence-electron chi connectivity index (χ2n) is 5.47. The van der Waals surface area contributed by atoms with Crippen molar-refractivity contribution < 1.29 is 0 Å². The Morgan fingerprint density at radius 3 is 2.59 bits per heavy atom. The predicted molar refractivity (Wildman–Crippen MR) is 67.7 cm³/mol. The van der Waals surface area contributed by atoms with Crippen molar-refractivity contribution >= 4 is 0 Å². The van der Waals surface area contributed by atoms with Crippen molar-refractivity contribution in [2.75, 3.05) is 0 Å². The number of aromatic nitrogens is 2. The average Bonchev–Trinajstić information content (AvgIpc) is 2.58. The van der Waals surface area contributed by atoms with Crippen LogP contribution in [0, 0.1) is 0 Å². The molecule has 0 aliphatic heterocycles. The van der Waals surface area contributed by atoms with Crippen LogP contribution in [-0.4, -0.2) is 9.97 Å². The molecule has 1 atom stereocenters. The first-order valence-electron chi connectivity index (χ1n) is 6.96. The van der Waals surface area contributed by atoms with Crippen molar-refractivity contribution in [3.63, 3.8) is 0 Å². The molecule has 0 aromatic carbocycles. The fourth-order valence-electron chi connectivity index (χ4n) is 3.13.